The van der Waals surface area contributed by atoms with E-state index in [1.54, 1.807) is 6.07 Å². The summed E-state index contributed by atoms with van der Waals surface area (Å²) in [6.45, 7) is 5.43. The molecule has 0 aliphatic heterocycles. The number of nitrogens with zero attached hydrogens (tertiary/aromatic N) is 4. The van der Waals surface area contributed by atoms with E-state index in [0.717, 1.165) is 12.8 Å². The Balaban J connectivity index is 2.10. The first-order valence-corrected chi connectivity index (χ1v) is 7.69. The maximum Gasteiger partial charge on any atom is 0.416 e. The highest BCUT2D eigenvalue weighted by Gasteiger charge is 2.38. The van der Waals surface area contributed by atoms with E-state index < -0.39 is 11.7 Å². The van der Waals surface area contributed by atoms with Gasteiger partial charge in [-0.1, -0.05) is 11.6 Å². The monoisotopic (exact) mass is 336 g/mol. The summed E-state index contributed by atoms with van der Waals surface area (Å²) in [5.41, 5.74) is 0.0171. The molecule has 2 aromatic heterocycles. The smallest absolute Gasteiger partial charge is 0.416 e. The minimum absolute atomic E-state index is 0.0374. The molecule has 1 saturated carbocycles. The lowest BCUT2D eigenvalue weighted by Gasteiger charge is -2.27. The quantitative estimate of drug-likeness (QED) is 0.635. The van der Waals surface area contributed by atoms with Crippen LogP contribution in [0.1, 0.15) is 44.0 Å². The van der Waals surface area contributed by atoms with E-state index >= 15 is 0 Å². The van der Waals surface area contributed by atoms with E-state index in [9.17, 15) is 9.59 Å². The molecule has 1 aliphatic carbocycles. The van der Waals surface area contributed by atoms with E-state index in [1.807, 2.05) is 20.8 Å². The molecule has 1 aliphatic rings. The lowest BCUT2D eigenvalue weighted by atomic mass is 10.2. The number of amides is 1. The van der Waals surface area contributed by atoms with Crippen molar-refractivity contribution in [3.8, 4) is 0 Å². The zero-order valence-corrected chi connectivity index (χ0v) is 13.9. The fraction of sp³-hybridized carbons (Fsp3) is 0.467. The molecule has 122 valence electrons. The molecular formula is C15H17ClN4O3. The van der Waals surface area contributed by atoms with Crippen LogP contribution in [0, 0.1) is 0 Å². The van der Waals surface area contributed by atoms with Crippen molar-refractivity contribution in [1.29, 1.82) is 0 Å². The number of halogens is 1. The zero-order valence-electron chi connectivity index (χ0n) is 13.1. The second-order valence-electron chi connectivity index (χ2n) is 6.47. The van der Waals surface area contributed by atoms with E-state index in [4.69, 9.17) is 16.3 Å². The van der Waals surface area contributed by atoms with Crippen LogP contribution >= 0.6 is 11.6 Å². The van der Waals surface area contributed by atoms with Crippen LogP contribution < -0.4 is 4.90 Å². The van der Waals surface area contributed by atoms with Crippen LogP contribution in [0.5, 0.6) is 0 Å². The van der Waals surface area contributed by atoms with Crippen molar-refractivity contribution in [3.05, 3.63) is 23.0 Å². The van der Waals surface area contributed by atoms with E-state index in [-0.39, 0.29) is 11.2 Å². The van der Waals surface area contributed by atoms with Crippen molar-refractivity contribution in [2.75, 3.05) is 4.90 Å². The van der Waals surface area contributed by atoms with Gasteiger partial charge in [0.25, 0.3) is 0 Å². The highest BCUT2D eigenvalue weighted by atomic mass is 35.5. The summed E-state index contributed by atoms with van der Waals surface area (Å²) in [5, 5.41) is 4.34. The van der Waals surface area contributed by atoms with Crippen molar-refractivity contribution in [3.63, 3.8) is 0 Å². The van der Waals surface area contributed by atoms with E-state index in [0.29, 0.717) is 23.3 Å². The summed E-state index contributed by atoms with van der Waals surface area (Å²) in [4.78, 5) is 29.4. The fourth-order valence-corrected chi connectivity index (χ4v) is 2.44. The molecule has 0 bridgehead atoms. The maximum atomic E-state index is 12.6. The summed E-state index contributed by atoms with van der Waals surface area (Å²) >= 11 is 6.07. The number of rotatable bonds is 3. The normalized spacial score (nSPS) is 14.8. The fourth-order valence-electron chi connectivity index (χ4n) is 2.26. The van der Waals surface area contributed by atoms with Crippen molar-refractivity contribution >= 4 is 35.4 Å². The second kappa shape index (κ2) is 5.49. The lowest BCUT2D eigenvalue weighted by Crippen LogP contribution is -2.39. The molecule has 0 saturated heterocycles. The van der Waals surface area contributed by atoms with Crippen LogP contribution in [0.3, 0.4) is 0 Å². The predicted molar refractivity (Wildman–Crippen MR) is 85.1 cm³/mol. The molecule has 0 spiro atoms. The first-order chi connectivity index (χ1) is 10.8. The zero-order chi connectivity index (χ0) is 16.8. The molecule has 0 atom stereocenters. The number of aldehydes is 1. The number of ether oxygens (including phenoxy) is 1. The largest absolute Gasteiger partial charge is 0.443 e. The van der Waals surface area contributed by atoms with Gasteiger partial charge >= 0.3 is 6.09 Å². The van der Waals surface area contributed by atoms with Gasteiger partial charge in [-0.15, -0.1) is 0 Å². The highest BCUT2D eigenvalue weighted by Crippen LogP contribution is 2.34. The Labute approximate surface area is 138 Å². The van der Waals surface area contributed by atoms with Crippen molar-refractivity contribution in [2.24, 2.45) is 0 Å². The van der Waals surface area contributed by atoms with E-state index in [2.05, 4.69) is 10.1 Å². The molecule has 2 heterocycles. The lowest BCUT2D eigenvalue weighted by molar-refractivity contribution is 0.0576. The molecule has 2 aromatic rings. The number of hydrogen-bond acceptors (Lipinski definition) is 5. The van der Waals surface area contributed by atoms with Crippen LogP contribution in [0.4, 0.5) is 10.6 Å². The Hall–Kier alpha value is -2.15. The molecule has 1 amide bonds. The molecule has 3 rings (SSSR count). The molecule has 0 N–H and O–H groups in total. The average molecular weight is 337 g/mol. The highest BCUT2D eigenvalue weighted by molar-refractivity contribution is 6.29. The summed E-state index contributed by atoms with van der Waals surface area (Å²) in [7, 11) is 0. The average Bonchev–Trinajstić information content (AvgIpc) is 3.16. The van der Waals surface area contributed by atoms with Gasteiger partial charge in [0.2, 0.25) is 0 Å². The summed E-state index contributed by atoms with van der Waals surface area (Å²) < 4.78 is 6.93. The summed E-state index contributed by atoms with van der Waals surface area (Å²) in [5.74, 6) is 0.449. The Bertz CT molecular complexity index is 777. The Morgan fingerprint density at radius 3 is 2.74 bits per heavy atom. The molecule has 7 nitrogen and oxygen atoms in total. The Kier molecular flexibility index (Phi) is 3.75. The molecule has 0 radical (unpaired) electrons. The van der Waals surface area contributed by atoms with Crippen LogP contribution in [0.2, 0.25) is 5.15 Å². The first kappa shape index (κ1) is 15.7. The molecule has 0 unspecified atom stereocenters. The standard InChI is InChI=1S/C15H17ClN4O3/c1-15(2,3)23-14(22)19(10-4-5-10)12-6-11(16)18-13-9(8-21)7-17-20(12)13/h6-8,10H,4-5H2,1-3H3. The molecule has 1 fully saturated rings. The van der Waals surface area contributed by atoms with Crippen molar-refractivity contribution in [2.45, 2.75) is 45.3 Å². The Morgan fingerprint density at radius 2 is 2.17 bits per heavy atom. The Morgan fingerprint density at radius 1 is 1.48 bits per heavy atom. The van der Waals surface area contributed by atoms with Crippen LogP contribution in [-0.4, -0.2) is 38.6 Å². The predicted octanol–water partition coefficient (Wildman–Crippen LogP) is 3.10. The third-order valence-electron chi connectivity index (χ3n) is 3.33. The van der Waals surface area contributed by atoms with E-state index in [1.165, 1.54) is 15.6 Å². The number of fused-ring (bicyclic) bond motifs is 1. The van der Waals surface area contributed by atoms with Gasteiger partial charge in [0.05, 0.1) is 11.8 Å². The number of hydrogen-bond donors (Lipinski definition) is 0. The van der Waals surface area contributed by atoms with Gasteiger partial charge in [0, 0.05) is 12.1 Å². The van der Waals surface area contributed by atoms with Crippen LogP contribution in [0.15, 0.2) is 12.3 Å². The minimum Gasteiger partial charge on any atom is -0.443 e. The van der Waals surface area contributed by atoms with Gasteiger partial charge in [-0.05, 0) is 33.6 Å². The van der Waals surface area contributed by atoms with Crippen molar-refractivity contribution < 1.29 is 14.3 Å². The van der Waals surface area contributed by atoms with Gasteiger partial charge in [-0.3, -0.25) is 9.69 Å². The molecule has 0 aromatic carbocycles. The summed E-state index contributed by atoms with van der Waals surface area (Å²) in [6, 6.07) is 1.59. The third kappa shape index (κ3) is 3.14. The number of anilines is 1. The van der Waals surface area contributed by atoms with Crippen LogP contribution in [0.25, 0.3) is 5.65 Å². The summed E-state index contributed by atoms with van der Waals surface area (Å²) in [6.07, 6.45) is 3.34. The number of aromatic nitrogens is 3. The molecule has 8 heteroatoms. The minimum atomic E-state index is -0.613. The van der Waals surface area contributed by atoms with Gasteiger partial charge in [0.15, 0.2) is 11.9 Å². The third-order valence-corrected chi connectivity index (χ3v) is 3.52. The van der Waals surface area contributed by atoms with Gasteiger partial charge in [0.1, 0.15) is 16.6 Å². The van der Waals surface area contributed by atoms with Gasteiger partial charge < -0.3 is 4.74 Å². The number of carbonyl (C=O) groups excluding carboxylic acids is 2. The van der Waals surface area contributed by atoms with Gasteiger partial charge in [-0.2, -0.15) is 9.61 Å². The number of carbonyl (C=O) groups is 2. The topological polar surface area (TPSA) is 76.8 Å². The SMILES string of the molecule is CC(C)(C)OC(=O)N(c1cc(Cl)nc2c(C=O)cnn12)C1CC1. The second-order valence-corrected chi connectivity index (χ2v) is 6.86. The maximum absolute atomic E-state index is 12.6. The van der Waals surface area contributed by atoms with Crippen molar-refractivity contribution in [1.82, 2.24) is 14.6 Å². The molecule has 23 heavy (non-hydrogen) atoms. The van der Waals surface area contributed by atoms with Crippen LogP contribution in [-0.2, 0) is 4.74 Å². The molecular weight excluding hydrogens is 320 g/mol. The van der Waals surface area contributed by atoms with Gasteiger partial charge in [-0.25, -0.2) is 9.78 Å². The first-order valence-electron chi connectivity index (χ1n) is 7.32.